The number of nitrogens with zero attached hydrogens (tertiary/aromatic N) is 4. The predicted octanol–water partition coefficient (Wildman–Crippen LogP) is 1.71. The number of aromatic nitrogens is 4. The molecule has 2 rings (SSSR count). The van der Waals surface area contributed by atoms with Gasteiger partial charge in [0.1, 0.15) is 0 Å². The molecule has 1 atom stereocenters. The monoisotopic (exact) mass is 251 g/mol. The SMILES string of the molecule is C[C@@H](NCc1nnn(C)n1)c1ccccc1Cl. The number of nitrogens with one attached hydrogen (secondary N) is 1. The fourth-order valence-corrected chi connectivity index (χ4v) is 1.87. The minimum atomic E-state index is 0.146. The highest BCUT2D eigenvalue weighted by molar-refractivity contribution is 6.31. The maximum Gasteiger partial charge on any atom is 0.188 e. The molecule has 1 heterocycles. The molecule has 1 N–H and O–H groups in total. The van der Waals surface area contributed by atoms with Crippen LogP contribution in [0, 0.1) is 0 Å². The maximum atomic E-state index is 6.12. The van der Waals surface area contributed by atoms with Gasteiger partial charge in [-0.3, -0.25) is 0 Å². The Labute approximate surface area is 105 Å². The largest absolute Gasteiger partial charge is 0.303 e. The third kappa shape index (κ3) is 3.01. The van der Waals surface area contributed by atoms with E-state index in [2.05, 4.69) is 27.7 Å². The van der Waals surface area contributed by atoms with Gasteiger partial charge >= 0.3 is 0 Å². The molecule has 0 bridgehead atoms. The molecule has 0 aliphatic carbocycles. The Kier molecular flexibility index (Phi) is 3.71. The van der Waals surface area contributed by atoms with Crippen LogP contribution in [0.5, 0.6) is 0 Å². The van der Waals surface area contributed by atoms with E-state index in [1.54, 1.807) is 7.05 Å². The third-order valence-corrected chi connectivity index (χ3v) is 2.83. The van der Waals surface area contributed by atoms with Crippen molar-refractivity contribution in [3.63, 3.8) is 0 Å². The maximum absolute atomic E-state index is 6.12. The van der Waals surface area contributed by atoms with Crippen LogP contribution in [0.2, 0.25) is 5.02 Å². The molecule has 90 valence electrons. The molecule has 5 nitrogen and oxygen atoms in total. The van der Waals surface area contributed by atoms with Gasteiger partial charge in [0.2, 0.25) is 0 Å². The van der Waals surface area contributed by atoms with Crippen molar-refractivity contribution in [2.45, 2.75) is 19.5 Å². The van der Waals surface area contributed by atoms with Crippen molar-refractivity contribution in [1.82, 2.24) is 25.5 Å². The molecule has 0 saturated carbocycles. The Hall–Kier alpha value is -1.46. The van der Waals surface area contributed by atoms with Gasteiger partial charge in [0.15, 0.2) is 5.82 Å². The number of tetrazole rings is 1. The van der Waals surface area contributed by atoms with Crippen molar-refractivity contribution in [3.8, 4) is 0 Å². The summed E-state index contributed by atoms with van der Waals surface area (Å²) in [4.78, 5) is 1.44. The van der Waals surface area contributed by atoms with E-state index >= 15 is 0 Å². The summed E-state index contributed by atoms with van der Waals surface area (Å²) >= 11 is 6.12. The van der Waals surface area contributed by atoms with E-state index in [-0.39, 0.29) is 6.04 Å². The van der Waals surface area contributed by atoms with Crippen molar-refractivity contribution >= 4 is 11.6 Å². The Morgan fingerprint density at radius 2 is 2.18 bits per heavy atom. The summed E-state index contributed by atoms with van der Waals surface area (Å²) in [5.74, 6) is 0.673. The molecular formula is C11H14ClN5. The Morgan fingerprint density at radius 3 is 2.82 bits per heavy atom. The van der Waals surface area contributed by atoms with Gasteiger partial charge in [-0.25, -0.2) is 0 Å². The topological polar surface area (TPSA) is 55.6 Å². The summed E-state index contributed by atoms with van der Waals surface area (Å²) in [7, 11) is 1.74. The van der Waals surface area contributed by atoms with Crippen LogP contribution in [-0.2, 0) is 13.6 Å². The van der Waals surface area contributed by atoms with E-state index in [1.165, 1.54) is 4.80 Å². The molecule has 0 unspecified atom stereocenters. The summed E-state index contributed by atoms with van der Waals surface area (Å²) in [6.07, 6.45) is 0. The Bertz CT molecular complexity index is 496. The average Bonchev–Trinajstić information content (AvgIpc) is 2.73. The van der Waals surface area contributed by atoms with Crippen LogP contribution in [-0.4, -0.2) is 20.2 Å². The van der Waals surface area contributed by atoms with E-state index in [0.717, 1.165) is 10.6 Å². The van der Waals surface area contributed by atoms with E-state index in [9.17, 15) is 0 Å². The van der Waals surface area contributed by atoms with Gasteiger partial charge in [-0.2, -0.15) is 4.80 Å². The molecule has 0 amide bonds. The first kappa shape index (κ1) is 12.0. The summed E-state index contributed by atoms with van der Waals surface area (Å²) in [5, 5.41) is 15.9. The fourth-order valence-electron chi connectivity index (χ4n) is 1.57. The second-order valence-electron chi connectivity index (χ2n) is 3.82. The number of benzene rings is 1. The van der Waals surface area contributed by atoms with Crippen LogP contribution in [0.3, 0.4) is 0 Å². The second kappa shape index (κ2) is 5.25. The van der Waals surface area contributed by atoms with Crippen LogP contribution < -0.4 is 5.32 Å². The van der Waals surface area contributed by atoms with Gasteiger partial charge in [0, 0.05) is 11.1 Å². The second-order valence-corrected chi connectivity index (χ2v) is 4.23. The lowest BCUT2D eigenvalue weighted by molar-refractivity contribution is 0.556. The quantitative estimate of drug-likeness (QED) is 0.899. The van der Waals surface area contributed by atoms with E-state index in [1.807, 2.05) is 24.3 Å². The molecule has 0 aliphatic heterocycles. The highest BCUT2D eigenvalue weighted by atomic mass is 35.5. The number of rotatable bonds is 4. The van der Waals surface area contributed by atoms with Crippen molar-refractivity contribution in [3.05, 3.63) is 40.7 Å². The first-order valence-corrected chi connectivity index (χ1v) is 5.75. The highest BCUT2D eigenvalue weighted by Crippen LogP contribution is 2.22. The predicted molar refractivity (Wildman–Crippen MR) is 65.5 cm³/mol. The molecule has 1 aromatic heterocycles. The first-order valence-electron chi connectivity index (χ1n) is 5.37. The molecular weight excluding hydrogens is 238 g/mol. The number of hydrogen-bond acceptors (Lipinski definition) is 4. The molecule has 1 aromatic carbocycles. The van der Waals surface area contributed by atoms with Gasteiger partial charge in [-0.15, -0.1) is 10.2 Å². The van der Waals surface area contributed by atoms with Gasteiger partial charge in [-0.1, -0.05) is 29.8 Å². The lowest BCUT2D eigenvalue weighted by atomic mass is 10.1. The van der Waals surface area contributed by atoms with E-state index in [0.29, 0.717) is 12.4 Å². The van der Waals surface area contributed by atoms with Crippen LogP contribution in [0.25, 0.3) is 0 Å². The zero-order valence-corrected chi connectivity index (χ0v) is 10.5. The fraction of sp³-hybridized carbons (Fsp3) is 0.364. The smallest absolute Gasteiger partial charge is 0.188 e. The van der Waals surface area contributed by atoms with Crippen molar-refractivity contribution < 1.29 is 0 Å². The molecule has 0 spiro atoms. The molecule has 2 aromatic rings. The van der Waals surface area contributed by atoms with Crippen molar-refractivity contribution in [1.29, 1.82) is 0 Å². The zero-order valence-electron chi connectivity index (χ0n) is 9.76. The highest BCUT2D eigenvalue weighted by Gasteiger charge is 2.09. The van der Waals surface area contributed by atoms with Crippen LogP contribution in [0.1, 0.15) is 24.4 Å². The van der Waals surface area contributed by atoms with Crippen LogP contribution in [0.4, 0.5) is 0 Å². The van der Waals surface area contributed by atoms with E-state index in [4.69, 9.17) is 11.6 Å². The molecule has 0 aliphatic rings. The summed E-state index contributed by atoms with van der Waals surface area (Å²) in [6, 6.07) is 7.93. The molecule has 6 heteroatoms. The normalized spacial score (nSPS) is 12.6. The molecule has 0 saturated heterocycles. The van der Waals surface area contributed by atoms with Gasteiger partial charge in [0.05, 0.1) is 13.6 Å². The lowest BCUT2D eigenvalue weighted by Crippen LogP contribution is -2.19. The minimum Gasteiger partial charge on any atom is -0.303 e. The van der Waals surface area contributed by atoms with Crippen molar-refractivity contribution in [2.24, 2.45) is 7.05 Å². The Balaban J connectivity index is 1.98. The lowest BCUT2D eigenvalue weighted by Gasteiger charge is -2.14. The minimum absolute atomic E-state index is 0.146. The van der Waals surface area contributed by atoms with Crippen LogP contribution >= 0.6 is 11.6 Å². The van der Waals surface area contributed by atoms with Crippen molar-refractivity contribution in [2.75, 3.05) is 0 Å². The van der Waals surface area contributed by atoms with Gasteiger partial charge in [0.25, 0.3) is 0 Å². The van der Waals surface area contributed by atoms with Gasteiger partial charge in [-0.05, 0) is 23.8 Å². The molecule has 0 fully saturated rings. The zero-order chi connectivity index (χ0) is 12.3. The Morgan fingerprint density at radius 1 is 1.41 bits per heavy atom. The summed E-state index contributed by atoms with van der Waals surface area (Å²) < 4.78 is 0. The molecule has 0 radical (unpaired) electrons. The third-order valence-electron chi connectivity index (χ3n) is 2.49. The standard InChI is InChI=1S/C11H14ClN5/c1-8(9-5-3-4-6-10(9)12)13-7-11-14-16-17(2)15-11/h3-6,8,13H,7H2,1-2H3/t8-/m1/s1. The number of halogens is 1. The number of hydrogen-bond donors (Lipinski definition) is 1. The first-order chi connectivity index (χ1) is 8.16. The van der Waals surface area contributed by atoms with Gasteiger partial charge < -0.3 is 5.32 Å². The summed E-state index contributed by atoms with van der Waals surface area (Å²) in [5.41, 5.74) is 1.07. The summed E-state index contributed by atoms with van der Waals surface area (Å²) in [6.45, 7) is 2.62. The van der Waals surface area contributed by atoms with E-state index < -0.39 is 0 Å². The molecule has 17 heavy (non-hydrogen) atoms. The number of aryl methyl sites for hydroxylation is 1. The van der Waals surface area contributed by atoms with Crippen LogP contribution in [0.15, 0.2) is 24.3 Å². The average molecular weight is 252 g/mol.